The van der Waals surface area contributed by atoms with Gasteiger partial charge in [-0.25, -0.2) is 0 Å². The summed E-state index contributed by atoms with van der Waals surface area (Å²) in [5.41, 5.74) is 0. The summed E-state index contributed by atoms with van der Waals surface area (Å²) in [7, 11) is -1.05. The molecule has 0 bridgehead atoms. The summed E-state index contributed by atoms with van der Waals surface area (Å²) in [6, 6.07) is 0. The quantitative estimate of drug-likeness (QED) is 0.476. The predicted molar refractivity (Wildman–Crippen MR) is 31.3 cm³/mol. The molecule has 1 rings (SSSR count). The van der Waals surface area contributed by atoms with Crippen LogP contribution in [0.4, 0.5) is 0 Å². The van der Waals surface area contributed by atoms with Gasteiger partial charge in [0.2, 0.25) is 0 Å². The second kappa shape index (κ2) is 1.65. The standard InChI is InChI=1S/C4H10O2S/c1-7(2)5-3-4-6-7/h3-4H2,1-2H3. The van der Waals surface area contributed by atoms with Gasteiger partial charge in [-0.2, -0.15) is 10.6 Å². The smallest absolute Gasteiger partial charge is 0.0969 e. The predicted octanol–water partition coefficient (Wildman–Crippen LogP) is 0.927. The molecule has 1 fully saturated rings. The molecular weight excluding hydrogens is 112 g/mol. The summed E-state index contributed by atoms with van der Waals surface area (Å²) in [4.78, 5) is 0. The van der Waals surface area contributed by atoms with Gasteiger partial charge in [0.15, 0.2) is 0 Å². The Morgan fingerprint density at radius 3 is 1.71 bits per heavy atom. The molecule has 1 saturated heterocycles. The molecule has 3 heteroatoms. The van der Waals surface area contributed by atoms with Crippen LogP contribution in [-0.2, 0) is 8.37 Å². The molecule has 0 aromatic rings. The Kier molecular flexibility index (Phi) is 1.28. The molecule has 7 heavy (non-hydrogen) atoms. The van der Waals surface area contributed by atoms with E-state index in [1.807, 2.05) is 12.5 Å². The van der Waals surface area contributed by atoms with Gasteiger partial charge in [-0.05, 0) is 0 Å². The molecular formula is C4H10O2S. The van der Waals surface area contributed by atoms with Crippen molar-refractivity contribution in [2.75, 3.05) is 25.7 Å². The molecule has 0 atom stereocenters. The molecule has 0 saturated carbocycles. The van der Waals surface area contributed by atoms with Crippen molar-refractivity contribution in [3.05, 3.63) is 0 Å². The number of hydrogen-bond acceptors (Lipinski definition) is 2. The highest BCUT2D eigenvalue weighted by molar-refractivity contribution is 8.24. The summed E-state index contributed by atoms with van der Waals surface area (Å²) < 4.78 is 10.4. The summed E-state index contributed by atoms with van der Waals surface area (Å²) >= 11 is 0. The van der Waals surface area contributed by atoms with E-state index in [1.165, 1.54) is 0 Å². The van der Waals surface area contributed by atoms with Gasteiger partial charge < -0.3 is 0 Å². The van der Waals surface area contributed by atoms with Gasteiger partial charge in [0.05, 0.1) is 13.2 Å². The first kappa shape index (κ1) is 5.41. The lowest BCUT2D eigenvalue weighted by atomic mass is 10.8. The summed E-state index contributed by atoms with van der Waals surface area (Å²) in [5.74, 6) is 0. The molecule has 1 aliphatic rings. The molecule has 0 radical (unpaired) electrons. The first-order chi connectivity index (χ1) is 3.21. The molecule has 0 unspecified atom stereocenters. The lowest BCUT2D eigenvalue weighted by Gasteiger charge is -2.26. The van der Waals surface area contributed by atoms with E-state index < -0.39 is 10.6 Å². The second-order valence-corrected chi connectivity index (χ2v) is 4.54. The third kappa shape index (κ3) is 1.33. The van der Waals surface area contributed by atoms with Crippen LogP contribution in [0.2, 0.25) is 0 Å². The van der Waals surface area contributed by atoms with Crippen LogP contribution in [0.15, 0.2) is 0 Å². The lowest BCUT2D eigenvalue weighted by molar-refractivity contribution is 0.365. The fourth-order valence-electron chi connectivity index (χ4n) is 0.503. The van der Waals surface area contributed by atoms with Crippen LogP contribution >= 0.6 is 10.6 Å². The molecule has 0 aliphatic carbocycles. The fraction of sp³-hybridized carbons (Fsp3) is 1.00. The van der Waals surface area contributed by atoms with E-state index in [4.69, 9.17) is 8.37 Å². The van der Waals surface area contributed by atoms with E-state index in [0.717, 1.165) is 13.2 Å². The maximum atomic E-state index is 5.20. The molecule has 1 aliphatic heterocycles. The van der Waals surface area contributed by atoms with Gasteiger partial charge in [0, 0.05) is 12.5 Å². The molecule has 0 aromatic heterocycles. The van der Waals surface area contributed by atoms with Crippen molar-refractivity contribution in [2.24, 2.45) is 0 Å². The van der Waals surface area contributed by atoms with Crippen molar-refractivity contribution < 1.29 is 8.37 Å². The molecule has 0 spiro atoms. The maximum absolute atomic E-state index is 5.20. The zero-order valence-corrected chi connectivity index (χ0v) is 5.46. The van der Waals surface area contributed by atoms with Crippen LogP contribution in [0.1, 0.15) is 0 Å². The lowest BCUT2D eigenvalue weighted by Crippen LogP contribution is -1.90. The monoisotopic (exact) mass is 122 g/mol. The Morgan fingerprint density at radius 2 is 1.57 bits per heavy atom. The third-order valence-electron chi connectivity index (χ3n) is 0.818. The number of rotatable bonds is 0. The Hall–Kier alpha value is 0.270. The average molecular weight is 122 g/mol. The van der Waals surface area contributed by atoms with Crippen molar-refractivity contribution in [1.82, 2.24) is 0 Å². The molecule has 2 nitrogen and oxygen atoms in total. The van der Waals surface area contributed by atoms with Crippen molar-refractivity contribution in [2.45, 2.75) is 0 Å². The van der Waals surface area contributed by atoms with E-state index in [0.29, 0.717) is 0 Å². The first-order valence-electron chi connectivity index (χ1n) is 2.23. The topological polar surface area (TPSA) is 18.5 Å². The van der Waals surface area contributed by atoms with Crippen molar-refractivity contribution in [3.63, 3.8) is 0 Å². The molecule has 0 aromatic carbocycles. The minimum atomic E-state index is -1.05. The Balaban J connectivity index is 2.40. The van der Waals surface area contributed by atoms with Gasteiger partial charge in [-0.3, -0.25) is 8.37 Å². The van der Waals surface area contributed by atoms with Gasteiger partial charge in [-0.15, -0.1) is 0 Å². The first-order valence-corrected chi connectivity index (χ1v) is 4.53. The van der Waals surface area contributed by atoms with Gasteiger partial charge >= 0.3 is 0 Å². The van der Waals surface area contributed by atoms with E-state index >= 15 is 0 Å². The van der Waals surface area contributed by atoms with Crippen LogP contribution in [0.3, 0.4) is 0 Å². The third-order valence-corrected chi connectivity index (χ3v) is 2.29. The van der Waals surface area contributed by atoms with Gasteiger partial charge in [0.1, 0.15) is 0 Å². The van der Waals surface area contributed by atoms with Crippen LogP contribution < -0.4 is 0 Å². The van der Waals surface area contributed by atoms with Crippen LogP contribution in [0.5, 0.6) is 0 Å². The average Bonchev–Trinajstić information content (AvgIpc) is 1.84. The zero-order chi connectivity index (χ0) is 5.33. The minimum Gasteiger partial charge on any atom is -0.282 e. The van der Waals surface area contributed by atoms with Crippen molar-refractivity contribution >= 4 is 10.6 Å². The molecule has 0 amide bonds. The summed E-state index contributed by atoms with van der Waals surface area (Å²) in [5, 5.41) is 0. The Morgan fingerprint density at radius 1 is 1.14 bits per heavy atom. The highest BCUT2D eigenvalue weighted by Crippen LogP contribution is 2.45. The molecule has 44 valence electrons. The molecule has 1 heterocycles. The van der Waals surface area contributed by atoms with E-state index in [2.05, 4.69) is 0 Å². The van der Waals surface area contributed by atoms with Crippen LogP contribution in [0, 0.1) is 0 Å². The second-order valence-electron chi connectivity index (χ2n) is 1.79. The molecule has 0 N–H and O–H groups in total. The van der Waals surface area contributed by atoms with Crippen molar-refractivity contribution in [1.29, 1.82) is 0 Å². The van der Waals surface area contributed by atoms with Crippen LogP contribution in [0.25, 0.3) is 0 Å². The summed E-state index contributed by atoms with van der Waals surface area (Å²) in [6.45, 7) is 1.56. The van der Waals surface area contributed by atoms with Gasteiger partial charge in [0.25, 0.3) is 0 Å². The summed E-state index contributed by atoms with van der Waals surface area (Å²) in [6.07, 6.45) is 4.00. The highest BCUT2D eigenvalue weighted by atomic mass is 32.3. The van der Waals surface area contributed by atoms with E-state index in [-0.39, 0.29) is 0 Å². The Bertz CT molecular complexity index is 64.1. The normalized spacial score (nSPS) is 32.9. The van der Waals surface area contributed by atoms with Crippen LogP contribution in [-0.4, -0.2) is 25.7 Å². The van der Waals surface area contributed by atoms with Gasteiger partial charge in [-0.1, -0.05) is 0 Å². The van der Waals surface area contributed by atoms with E-state index in [9.17, 15) is 0 Å². The fourth-order valence-corrected chi connectivity index (χ4v) is 1.51. The van der Waals surface area contributed by atoms with Crippen molar-refractivity contribution in [3.8, 4) is 0 Å². The zero-order valence-electron chi connectivity index (χ0n) is 4.64. The minimum absolute atomic E-state index is 0.780. The Labute approximate surface area is 45.5 Å². The largest absolute Gasteiger partial charge is 0.282 e. The SMILES string of the molecule is CS1(C)OCCO1. The maximum Gasteiger partial charge on any atom is 0.0969 e. The number of hydrogen-bond donors (Lipinski definition) is 0. The van der Waals surface area contributed by atoms with E-state index in [1.54, 1.807) is 0 Å². The highest BCUT2D eigenvalue weighted by Gasteiger charge is 2.14.